The Morgan fingerprint density at radius 3 is 3.00 bits per heavy atom. The lowest BCUT2D eigenvalue weighted by atomic mass is 10.1. The Labute approximate surface area is 94.5 Å². The van der Waals surface area contributed by atoms with E-state index in [9.17, 15) is 4.79 Å². The molecule has 1 amide bonds. The van der Waals surface area contributed by atoms with Crippen LogP contribution in [0.5, 0.6) is 0 Å². The first kappa shape index (κ1) is 12.0. The number of thiophene rings is 1. The van der Waals surface area contributed by atoms with Gasteiger partial charge in [-0.15, -0.1) is 11.3 Å². The van der Waals surface area contributed by atoms with Crippen molar-refractivity contribution in [2.75, 3.05) is 11.9 Å². The van der Waals surface area contributed by atoms with E-state index in [1.54, 1.807) is 18.3 Å². The molecule has 4 heteroatoms. The molecule has 15 heavy (non-hydrogen) atoms. The summed E-state index contributed by atoms with van der Waals surface area (Å²) >= 11 is 1.54. The van der Waals surface area contributed by atoms with Crippen molar-refractivity contribution in [1.29, 1.82) is 0 Å². The van der Waals surface area contributed by atoms with E-state index in [-0.39, 0.29) is 6.09 Å². The lowest BCUT2D eigenvalue weighted by molar-refractivity contribution is 0.168. The first-order valence-electron chi connectivity index (χ1n) is 5.28. The third kappa shape index (κ3) is 3.91. The average molecular weight is 227 g/mol. The van der Waals surface area contributed by atoms with Crippen molar-refractivity contribution in [2.45, 2.75) is 33.1 Å². The zero-order valence-corrected chi connectivity index (χ0v) is 10.0. The molecule has 1 heterocycles. The molecule has 0 aliphatic carbocycles. The Balaban J connectivity index is 2.52. The fourth-order valence-corrected chi connectivity index (χ4v) is 2.10. The number of hydrogen-bond donors (Lipinski definition) is 1. The molecule has 0 radical (unpaired) electrons. The highest BCUT2D eigenvalue weighted by Crippen LogP contribution is 2.24. The zero-order chi connectivity index (χ0) is 11.1. The van der Waals surface area contributed by atoms with Crippen molar-refractivity contribution in [1.82, 2.24) is 0 Å². The predicted octanol–water partition coefficient (Wildman–Crippen LogP) is 3.66. The minimum Gasteiger partial charge on any atom is -0.450 e. The highest BCUT2D eigenvalue weighted by atomic mass is 32.1. The predicted molar refractivity (Wildman–Crippen MR) is 63.6 cm³/mol. The van der Waals surface area contributed by atoms with Crippen molar-refractivity contribution in [2.24, 2.45) is 0 Å². The van der Waals surface area contributed by atoms with Crippen molar-refractivity contribution in [3.8, 4) is 0 Å². The summed E-state index contributed by atoms with van der Waals surface area (Å²) in [5, 5.41) is 5.67. The summed E-state index contributed by atoms with van der Waals surface area (Å²) in [4.78, 5) is 11.2. The molecule has 0 spiro atoms. The molecular formula is C11H17NO2S. The number of rotatable bonds is 5. The summed E-state index contributed by atoms with van der Waals surface area (Å²) < 4.78 is 4.83. The Hall–Kier alpha value is -1.03. The lowest BCUT2D eigenvalue weighted by Gasteiger charge is -2.05. The van der Waals surface area contributed by atoms with Gasteiger partial charge >= 0.3 is 6.09 Å². The second-order valence-corrected chi connectivity index (χ2v) is 4.14. The number of amides is 1. The number of ether oxygens (including phenoxy) is 1. The third-order valence-corrected chi connectivity index (χ3v) is 2.91. The second-order valence-electron chi connectivity index (χ2n) is 3.22. The van der Waals surface area contributed by atoms with Crippen LogP contribution in [0.1, 0.15) is 32.3 Å². The van der Waals surface area contributed by atoms with E-state index in [4.69, 9.17) is 4.74 Å². The maximum atomic E-state index is 11.2. The number of unbranched alkanes of at least 4 members (excludes halogenated alkanes) is 1. The van der Waals surface area contributed by atoms with Gasteiger partial charge in [0.1, 0.15) is 5.00 Å². The van der Waals surface area contributed by atoms with E-state index in [1.165, 1.54) is 5.56 Å². The van der Waals surface area contributed by atoms with Crippen molar-refractivity contribution >= 4 is 22.4 Å². The van der Waals surface area contributed by atoms with E-state index in [1.807, 2.05) is 5.38 Å². The molecule has 0 bridgehead atoms. The lowest BCUT2D eigenvalue weighted by Crippen LogP contribution is -2.13. The van der Waals surface area contributed by atoms with Crippen molar-refractivity contribution in [3.05, 3.63) is 17.0 Å². The summed E-state index contributed by atoms with van der Waals surface area (Å²) in [6.45, 7) is 4.36. The molecule has 1 aromatic rings. The molecule has 1 N–H and O–H groups in total. The van der Waals surface area contributed by atoms with E-state index in [2.05, 4.69) is 18.3 Å². The van der Waals surface area contributed by atoms with Gasteiger partial charge in [0.05, 0.1) is 6.61 Å². The molecule has 0 aliphatic heterocycles. The Morgan fingerprint density at radius 1 is 1.53 bits per heavy atom. The van der Waals surface area contributed by atoms with Gasteiger partial charge in [-0.2, -0.15) is 0 Å². The van der Waals surface area contributed by atoms with Gasteiger partial charge < -0.3 is 4.74 Å². The summed E-state index contributed by atoms with van der Waals surface area (Å²) in [6.07, 6.45) is 2.96. The highest BCUT2D eigenvalue weighted by molar-refractivity contribution is 7.14. The molecule has 0 aromatic carbocycles. The topological polar surface area (TPSA) is 38.3 Å². The first-order chi connectivity index (χ1) is 7.27. The van der Waals surface area contributed by atoms with Gasteiger partial charge in [0.25, 0.3) is 0 Å². The zero-order valence-electron chi connectivity index (χ0n) is 9.21. The molecule has 0 fully saturated rings. The molecule has 0 aliphatic rings. The monoisotopic (exact) mass is 227 g/mol. The van der Waals surface area contributed by atoms with Gasteiger partial charge in [-0.05, 0) is 36.8 Å². The van der Waals surface area contributed by atoms with Crippen LogP contribution in [0.15, 0.2) is 11.4 Å². The van der Waals surface area contributed by atoms with Gasteiger partial charge in [-0.25, -0.2) is 4.79 Å². The summed E-state index contributed by atoms with van der Waals surface area (Å²) in [5.74, 6) is 0. The number of carbonyl (C=O) groups excluding carboxylic acids is 1. The van der Waals surface area contributed by atoms with Gasteiger partial charge in [-0.3, -0.25) is 5.32 Å². The maximum absolute atomic E-state index is 11.2. The summed E-state index contributed by atoms with van der Waals surface area (Å²) in [5.41, 5.74) is 1.20. The van der Waals surface area contributed by atoms with Gasteiger partial charge in [0.2, 0.25) is 0 Å². The molecule has 0 saturated carbocycles. The average Bonchev–Trinajstić information content (AvgIpc) is 2.63. The third-order valence-electron chi connectivity index (χ3n) is 2.04. The molecule has 0 unspecified atom stereocenters. The fraction of sp³-hybridized carbons (Fsp3) is 0.545. The van der Waals surface area contributed by atoms with Gasteiger partial charge in [0.15, 0.2) is 0 Å². The van der Waals surface area contributed by atoms with E-state index in [0.29, 0.717) is 6.61 Å². The normalized spacial score (nSPS) is 10.0. The van der Waals surface area contributed by atoms with Gasteiger partial charge in [0, 0.05) is 0 Å². The smallest absolute Gasteiger partial charge is 0.412 e. The molecule has 1 aromatic heterocycles. The number of carbonyl (C=O) groups is 1. The Kier molecular flexibility index (Phi) is 5.18. The van der Waals surface area contributed by atoms with Gasteiger partial charge in [-0.1, -0.05) is 13.3 Å². The van der Waals surface area contributed by atoms with E-state index in [0.717, 1.165) is 24.3 Å². The number of aryl methyl sites for hydroxylation is 1. The second kappa shape index (κ2) is 6.45. The molecule has 0 atom stereocenters. The SMILES string of the molecule is CCCCc1ccsc1NC(=O)OCC. The summed E-state index contributed by atoms with van der Waals surface area (Å²) in [7, 11) is 0. The Bertz CT molecular complexity index is 309. The van der Waals surface area contributed by atoms with Crippen molar-refractivity contribution in [3.63, 3.8) is 0 Å². The number of nitrogens with one attached hydrogen (secondary N) is 1. The standard InChI is InChI=1S/C11H17NO2S/c1-3-5-6-9-7-8-15-10(9)12-11(13)14-4-2/h7-8H,3-6H2,1-2H3,(H,12,13). The molecule has 1 rings (SSSR count). The molecular weight excluding hydrogens is 210 g/mol. The largest absolute Gasteiger partial charge is 0.450 e. The minimum absolute atomic E-state index is 0.363. The van der Waals surface area contributed by atoms with Crippen LogP contribution >= 0.6 is 11.3 Å². The highest BCUT2D eigenvalue weighted by Gasteiger charge is 2.07. The van der Waals surface area contributed by atoms with Crippen LogP contribution in [0.4, 0.5) is 9.80 Å². The van der Waals surface area contributed by atoms with Crippen LogP contribution in [0, 0.1) is 0 Å². The number of hydrogen-bond acceptors (Lipinski definition) is 3. The van der Waals surface area contributed by atoms with Crippen LogP contribution in [-0.2, 0) is 11.2 Å². The fourth-order valence-electron chi connectivity index (χ4n) is 1.27. The van der Waals surface area contributed by atoms with Crippen LogP contribution in [0.3, 0.4) is 0 Å². The minimum atomic E-state index is -0.363. The molecule has 3 nitrogen and oxygen atoms in total. The summed E-state index contributed by atoms with van der Waals surface area (Å²) in [6, 6.07) is 2.06. The first-order valence-corrected chi connectivity index (χ1v) is 6.16. The van der Waals surface area contributed by atoms with Crippen LogP contribution in [-0.4, -0.2) is 12.7 Å². The van der Waals surface area contributed by atoms with Crippen LogP contribution in [0.25, 0.3) is 0 Å². The number of anilines is 1. The molecule has 84 valence electrons. The Morgan fingerprint density at radius 2 is 2.33 bits per heavy atom. The van der Waals surface area contributed by atoms with Crippen LogP contribution < -0.4 is 5.32 Å². The quantitative estimate of drug-likeness (QED) is 0.833. The van der Waals surface area contributed by atoms with E-state index >= 15 is 0 Å². The van der Waals surface area contributed by atoms with E-state index < -0.39 is 0 Å². The van der Waals surface area contributed by atoms with Crippen molar-refractivity contribution < 1.29 is 9.53 Å². The maximum Gasteiger partial charge on any atom is 0.412 e. The molecule has 0 saturated heterocycles. The van der Waals surface area contributed by atoms with Crippen LogP contribution in [0.2, 0.25) is 0 Å².